The number of carbonyl (C=O) groups is 4. The van der Waals surface area contributed by atoms with E-state index in [-0.39, 0.29) is 156 Å². The molecule has 44 heteroatoms. The van der Waals surface area contributed by atoms with Crippen molar-refractivity contribution < 1.29 is 239 Å². The summed E-state index contributed by atoms with van der Waals surface area (Å²) in [4.78, 5) is 37.8. The van der Waals surface area contributed by atoms with Gasteiger partial charge in [0, 0.05) is 24.2 Å². The number of rotatable bonds is 0. The Morgan fingerprint density at radius 2 is 0.341 bits per heavy atom. The molecule has 0 aromatic rings. The number of Topliss-reactive ketones (excluding diaryl/α,β-unsaturated/α-hetero) is 4. The van der Waals surface area contributed by atoms with E-state index in [9.17, 15) is 39.6 Å². The predicted octanol–water partition coefficient (Wildman–Crippen LogP) is -14.1. The second-order valence-electron chi connectivity index (χ2n) is 20.7. The van der Waals surface area contributed by atoms with E-state index in [0.717, 1.165) is 25.7 Å². The van der Waals surface area contributed by atoms with Crippen LogP contribution in [0.25, 0.3) is 0 Å². The fourth-order valence-electron chi connectivity index (χ4n) is 2.38. The van der Waals surface area contributed by atoms with Crippen LogP contribution in [-0.4, -0.2) is 70.9 Å². The molecule has 0 radical (unpaired) electrons. The maximum atomic E-state index is 10.1. The predicted molar refractivity (Wildman–Crippen MR) is 263 cm³/mol. The molecule has 0 saturated heterocycles. The molecule has 36 nitrogen and oxygen atoms in total. The molecule has 2 aliphatic rings. The van der Waals surface area contributed by atoms with Crippen molar-refractivity contribution in [1.82, 2.24) is 24.6 Å². The Balaban J connectivity index is -0.0000000314. The summed E-state index contributed by atoms with van der Waals surface area (Å²) in [6.07, 6.45) is 9.60. The molecule has 0 unspecified atom stereocenters. The summed E-state index contributed by atoms with van der Waals surface area (Å²) in [7, 11) is -19.8. The summed E-state index contributed by atoms with van der Waals surface area (Å²) in [5.41, 5.74) is 20.7. The summed E-state index contributed by atoms with van der Waals surface area (Å²) in [5.74, 6) is -1.36. The molecule has 2 rings (SSSR count). The number of nitrogens with two attached hydrogens (primary N) is 4. The molecule has 2 fully saturated rings. The van der Waals surface area contributed by atoms with E-state index in [1.807, 2.05) is 0 Å². The van der Waals surface area contributed by atoms with Crippen molar-refractivity contribution in [1.29, 1.82) is 21.6 Å². The monoisotopic (exact) mass is 2100 g/mol. The first-order valence-electron chi connectivity index (χ1n) is 22.7. The normalized spacial score (nSPS) is 14.7. The van der Waals surface area contributed by atoms with Crippen LogP contribution in [0.3, 0.4) is 0 Å². The van der Waals surface area contributed by atoms with E-state index in [0.29, 0.717) is 0 Å². The first kappa shape index (κ1) is 144. The number of hydrogen-bond acceptors (Lipinski definition) is 36. The van der Waals surface area contributed by atoms with Crippen LogP contribution in [0.15, 0.2) is 0 Å². The molecule has 4 atom stereocenters. The standard InChI is InChI=1S/2C6H14N2.4C5H11NO.4C3H6O.4ClHO4.4H3N.4Pt/c2*7-5-3-1-2-4-6(5)8;4*1-5(2,3)4(6)7;4*1-3(2)4;4*2-1(3,4)5;;;;;;;;/h2*5-6H,1-4,7-8H2;4*1-3H3,(H2,6,7);4*1-2H3;4*(H,2,3,4,5);4*1H3;;;;/q;;;;;;;;;;;;;;;;;;4*+4/p-8/t2*5-,6-;;;;;;;;;;;;;;;;;;;;/m10..................../s1. The van der Waals surface area contributed by atoms with E-state index in [4.69, 9.17) is 119 Å². The summed E-state index contributed by atoms with van der Waals surface area (Å²) >= 11 is 0. The minimum Gasteiger partial charge on any atom is -0.862 e. The molecular weight excluding hydrogens is 2000 g/mol. The van der Waals surface area contributed by atoms with Gasteiger partial charge in [-0.3, -0.25) is 0 Å². The van der Waals surface area contributed by atoms with Gasteiger partial charge in [-0.15, -0.1) is 41.0 Å². The Labute approximate surface area is 586 Å². The summed E-state index contributed by atoms with van der Waals surface area (Å²) < 4.78 is 136. The molecule has 0 amide bonds. The smallest absolute Gasteiger partial charge is 0.862 e. The SMILES string of the molecule is CC(C)(C)C(=N)[O-].CC(C)(C)C(=N)[O-].CC(C)(C)C(=N)[O-].CC(C)(C)C(=N)[O-].CC(C)=O.CC(C)=O.CC(C)=O.CC(C)=O.N.N.N.N.N[C@@H]1CCCC[C@H]1N.N[C@H]1CCCC[C@@H]1N.[O-][Cl+3]([O-])([O-])[O-].[O-][Cl+3]([O-])([O-])[O-].[O-][Cl+3]([O-])([O-])[O-].[O-][Cl+3]([O-])([O-])[O-].[Pt+4].[Pt+4].[Pt+4].[Pt+4]. The van der Waals surface area contributed by atoms with Crippen LogP contribution in [0.4, 0.5) is 0 Å². The molecule has 0 aliphatic heterocycles. The fraction of sp³-hybridized carbons (Fsp3) is 0.818. The van der Waals surface area contributed by atoms with Gasteiger partial charge in [-0.25, -0.2) is 74.5 Å². The molecule has 0 aromatic carbocycles. The van der Waals surface area contributed by atoms with Gasteiger partial charge in [0.25, 0.3) is 0 Å². The van der Waals surface area contributed by atoms with E-state index in [1.165, 1.54) is 81.1 Å². The second-order valence-corrected chi connectivity index (χ2v) is 23.7. The van der Waals surface area contributed by atoms with Crippen LogP contribution >= 0.6 is 0 Å². The van der Waals surface area contributed by atoms with Crippen molar-refractivity contribution in [2.75, 3.05) is 0 Å². The minimum absolute atomic E-state index is 0. The van der Waals surface area contributed by atoms with Crippen molar-refractivity contribution in [2.24, 2.45) is 44.6 Å². The average Bonchev–Trinajstić information content (AvgIpc) is 3.10. The minimum atomic E-state index is -4.94. The second kappa shape index (κ2) is 75.5. The van der Waals surface area contributed by atoms with E-state index in [2.05, 4.69) is 0 Å². The molecule has 2 saturated carbocycles. The number of hydrogen-bond donors (Lipinski definition) is 12. The molecule has 2 aliphatic carbocycles. The van der Waals surface area contributed by atoms with Gasteiger partial charge < -0.3 is 109 Å². The van der Waals surface area contributed by atoms with Crippen LogP contribution in [-0.2, 0) is 103 Å². The van der Waals surface area contributed by atoms with E-state index in [1.54, 1.807) is 83.1 Å². The molecule has 544 valence electrons. The molecule has 24 N–H and O–H groups in total. The van der Waals surface area contributed by atoms with Crippen LogP contribution in [0.2, 0.25) is 0 Å². The third-order valence-electron chi connectivity index (χ3n) is 6.47. The van der Waals surface area contributed by atoms with Crippen LogP contribution < -0.4 is 143 Å². The number of carbonyl (C=O) groups excluding carboxylic acids is 4. The van der Waals surface area contributed by atoms with Crippen LogP contribution in [0, 0.1) is 84.3 Å². The zero-order valence-corrected chi connectivity index (χ0v) is 65.8. The van der Waals surface area contributed by atoms with Crippen molar-refractivity contribution >= 4 is 46.7 Å². The van der Waals surface area contributed by atoms with Crippen molar-refractivity contribution in [2.45, 2.75) is 214 Å². The van der Waals surface area contributed by atoms with Crippen molar-refractivity contribution in [3.63, 3.8) is 0 Å². The third-order valence-corrected chi connectivity index (χ3v) is 6.47. The van der Waals surface area contributed by atoms with Crippen LogP contribution in [0.1, 0.15) is 190 Å². The zero-order chi connectivity index (χ0) is 68.6. The fourth-order valence-corrected chi connectivity index (χ4v) is 2.38. The first-order valence-corrected chi connectivity index (χ1v) is 27.7. The first-order chi connectivity index (χ1) is 34.3. The van der Waals surface area contributed by atoms with Gasteiger partial charge in [-0.2, -0.15) is 0 Å². The quantitative estimate of drug-likeness (QED) is 0.0791. The zero-order valence-electron chi connectivity index (χ0n) is 53.7. The number of halogens is 4. The molecular formula is C44H104Cl4N12O24Pt4+8. The summed E-state index contributed by atoms with van der Waals surface area (Å²) in [6, 6.07) is 1.12. The van der Waals surface area contributed by atoms with E-state index >= 15 is 0 Å². The molecule has 0 bridgehead atoms. The summed E-state index contributed by atoms with van der Waals surface area (Å²) in [6.45, 7) is 32.9. The van der Waals surface area contributed by atoms with Gasteiger partial charge in [0.1, 0.15) is 23.1 Å². The van der Waals surface area contributed by atoms with Crippen molar-refractivity contribution in [3.8, 4) is 0 Å². The maximum Gasteiger partial charge on any atom is 4.00 e. The van der Waals surface area contributed by atoms with Crippen LogP contribution in [0.5, 0.6) is 0 Å². The van der Waals surface area contributed by atoms with Gasteiger partial charge >= 0.3 is 84.3 Å². The molecule has 88 heavy (non-hydrogen) atoms. The largest absolute Gasteiger partial charge is 4.00 e. The third kappa shape index (κ3) is 295. The molecule has 0 aromatic heterocycles. The van der Waals surface area contributed by atoms with Gasteiger partial charge in [0.05, 0.1) is 0 Å². The topological polar surface area (TPSA) is 869 Å². The van der Waals surface area contributed by atoms with Crippen molar-refractivity contribution in [3.05, 3.63) is 0 Å². The maximum absolute atomic E-state index is 10.1. The Kier molecular flexibility index (Phi) is 123. The number of nitrogens with one attached hydrogen (secondary N) is 4. The number of ketones is 4. The Bertz CT molecular complexity index is 1370. The van der Waals surface area contributed by atoms with E-state index < -0.39 is 86.2 Å². The molecule has 0 spiro atoms. The van der Waals surface area contributed by atoms with Gasteiger partial charge in [-0.1, -0.05) is 109 Å². The Morgan fingerprint density at radius 1 is 0.295 bits per heavy atom. The molecule has 0 heterocycles. The van der Waals surface area contributed by atoms with Gasteiger partial charge in [0.15, 0.2) is 0 Å². The van der Waals surface area contributed by atoms with Gasteiger partial charge in [-0.05, 0) is 126 Å². The van der Waals surface area contributed by atoms with Gasteiger partial charge in [0.2, 0.25) is 0 Å². The average molecular weight is 2110 g/mol. The summed E-state index contributed by atoms with van der Waals surface area (Å²) in [5, 5.41) is 66.9. The Hall–Kier alpha value is -0.487. The Morgan fingerprint density at radius 3 is 0.364 bits per heavy atom.